The van der Waals surface area contributed by atoms with Crippen LogP contribution in [-0.2, 0) is 28.5 Å². The van der Waals surface area contributed by atoms with Gasteiger partial charge in [0.25, 0.3) is 11.5 Å². The number of hydrogen-bond acceptors (Lipinski definition) is 11. The number of piperazine rings is 1. The Kier molecular flexibility index (Phi) is 22.9. The number of aromatic amines is 1. The van der Waals surface area contributed by atoms with Crippen LogP contribution in [0.25, 0.3) is 0 Å². The maximum atomic E-state index is 13.7. The average Bonchev–Trinajstić information content (AvgIpc) is 3.62. The van der Waals surface area contributed by atoms with Crippen LogP contribution in [0.2, 0.25) is 0 Å². The summed E-state index contributed by atoms with van der Waals surface area (Å²) in [6.45, 7) is 9.46. The SMILES string of the molecule is CCCCCCCCCCCCCCCCCCOc1cc(C(=O)N2CCN(C(=O)CCC(=O)O[C@@H]3C(OCCOC)[C@H](n4cc(C)c(=O)[nH]c4=O)O[C@@H]3CO)CC2)cc(C)c1C. The Bertz CT molecular complexity index is 1820. The Hall–Kier alpha value is -4.05. The number of unbranched alkanes of at least 4 members (excludes halogenated alkanes) is 15. The van der Waals surface area contributed by atoms with Gasteiger partial charge in [0.1, 0.15) is 18.0 Å². The van der Waals surface area contributed by atoms with Gasteiger partial charge in [-0.05, 0) is 50.5 Å². The van der Waals surface area contributed by atoms with E-state index in [1.165, 1.54) is 110 Å². The third-order valence-corrected chi connectivity index (χ3v) is 12.3. The minimum atomic E-state index is -1.13. The molecular weight excluding hydrogens is 809 g/mol. The first-order chi connectivity index (χ1) is 30.5. The molecule has 0 radical (unpaired) electrons. The summed E-state index contributed by atoms with van der Waals surface area (Å²) in [7, 11) is 1.49. The molecule has 2 N–H and O–H groups in total. The van der Waals surface area contributed by atoms with E-state index in [4.69, 9.17) is 23.7 Å². The number of carbonyl (C=O) groups is 3. The fraction of sp³-hybridized carbons (Fsp3) is 0.729. The summed E-state index contributed by atoms with van der Waals surface area (Å²) in [6.07, 6.45) is 17.7. The molecule has 2 aliphatic rings. The second kappa shape index (κ2) is 28.0. The van der Waals surface area contributed by atoms with Crippen molar-refractivity contribution >= 4 is 17.8 Å². The van der Waals surface area contributed by atoms with Crippen molar-refractivity contribution in [1.29, 1.82) is 0 Å². The highest BCUT2D eigenvalue weighted by Gasteiger charge is 2.49. The summed E-state index contributed by atoms with van der Waals surface area (Å²) in [5, 5.41) is 10.1. The zero-order valence-corrected chi connectivity index (χ0v) is 38.8. The first kappa shape index (κ1) is 51.6. The number of H-pyrrole nitrogens is 1. The Balaban J connectivity index is 1.16. The zero-order valence-electron chi connectivity index (χ0n) is 38.8. The van der Waals surface area contributed by atoms with E-state index in [0.717, 1.165) is 34.3 Å². The van der Waals surface area contributed by atoms with Gasteiger partial charge in [0.2, 0.25) is 5.91 Å². The number of benzene rings is 1. The fourth-order valence-electron chi connectivity index (χ4n) is 8.29. The molecule has 1 aromatic carbocycles. The van der Waals surface area contributed by atoms with Gasteiger partial charge in [0, 0.05) is 57.0 Å². The normalized spacial score (nSPS) is 18.8. The van der Waals surface area contributed by atoms with E-state index >= 15 is 0 Å². The fourth-order valence-corrected chi connectivity index (χ4v) is 8.29. The molecule has 15 nitrogen and oxygen atoms in total. The highest BCUT2D eigenvalue weighted by molar-refractivity contribution is 5.95. The van der Waals surface area contributed by atoms with Gasteiger partial charge in [-0.25, -0.2) is 4.79 Å². The molecule has 1 aromatic heterocycles. The summed E-state index contributed by atoms with van der Waals surface area (Å²) >= 11 is 0. The second-order valence-corrected chi connectivity index (χ2v) is 17.3. The van der Waals surface area contributed by atoms with Gasteiger partial charge in [-0.2, -0.15) is 0 Å². The lowest BCUT2D eigenvalue weighted by Crippen LogP contribution is -2.50. The third kappa shape index (κ3) is 16.5. The van der Waals surface area contributed by atoms with Gasteiger partial charge in [-0.1, -0.05) is 103 Å². The molecule has 4 rings (SSSR count). The molecule has 2 saturated heterocycles. The first-order valence-electron chi connectivity index (χ1n) is 23.7. The van der Waals surface area contributed by atoms with E-state index in [1.807, 2.05) is 26.0 Å². The standard InChI is InChI=1S/C48H76N4O11/c1-6-7-8-9-10-11-12-13-14-15-16-17-18-19-20-21-28-60-39-32-38(31-35(2)37(39)4)46(57)51-26-24-50(25-27-51)41(54)22-23-42(55)63-43-40(34-53)62-47(44(43)61-30-29-59-5)52-33-36(3)45(56)49-48(52)58/h31-33,40,43-44,47,53H,6-30,34H2,1-5H3,(H,49,56,58)/t40-,43+,44?,47-/m1/s1. The maximum absolute atomic E-state index is 13.7. The summed E-state index contributed by atoms with van der Waals surface area (Å²) in [6, 6.07) is 3.74. The number of rotatable bonds is 29. The summed E-state index contributed by atoms with van der Waals surface area (Å²) in [5.41, 5.74) is 1.52. The minimum Gasteiger partial charge on any atom is -0.493 e. The van der Waals surface area contributed by atoms with Crippen LogP contribution in [0.5, 0.6) is 5.75 Å². The third-order valence-electron chi connectivity index (χ3n) is 12.3. The average molecular weight is 885 g/mol. The van der Waals surface area contributed by atoms with Crippen LogP contribution in [0, 0.1) is 20.8 Å². The molecule has 3 heterocycles. The van der Waals surface area contributed by atoms with Gasteiger partial charge in [0.15, 0.2) is 12.3 Å². The van der Waals surface area contributed by atoms with Crippen LogP contribution in [0.15, 0.2) is 27.9 Å². The van der Waals surface area contributed by atoms with Crippen molar-refractivity contribution in [3.8, 4) is 5.75 Å². The van der Waals surface area contributed by atoms with Gasteiger partial charge < -0.3 is 38.6 Å². The summed E-state index contributed by atoms with van der Waals surface area (Å²) < 4.78 is 30.0. The summed E-state index contributed by atoms with van der Waals surface area (Å²) in [4.78, 5) is 70.3. The van der Waals surface area contributed by atoms with Crippen molar-refractivity contribution in [3.05, 3.63) is 61.4 Å². The molecule has 0 spiro atoms. The lowest BCUT2D eigenvalue weighted by Gasteiger charge is -2.35. The number of ether oxygens (including phenoxy) is 5. The summed E-state index contributed by atoms with van der Waals surface area (Å²) in [5.74, 6) is -0.341. The Morgan fingerprint density at radius 3 is 1.92 bits per heavy atom. The predicted molar refractivity (Wildman–Crippen MR) is 241 cm³/mol. The van der Waals surface area contributed by atoms with Crippen molar-refractivity contribution < 1.29 is 43.2 Å². The lowest BCUT2D eigenvalue weighted by molar-refractivity contribution is -0.160. The largest absolute Gasteiger partial charge is 0.493 e. The zero-order chi connectivity index (χ0) is 45.6. The molecule has 0 bridgehead atoms. The van der Waals surface area contributed by atoms with Gasteiger partial charge in [-0.3, -0.25) is 28.7 Å². The number of hydrogen-bond donors (Lipinski definition) is 2. The van der Waals surface area contributed by atoms with Crippen LogP contribution in [0.1, 0.15) is 156 Å². The second-order valence-electron chi connectivity index (χ2n) is 17.3. The predicted octanol–water partition coefficient (Wildman–Crippen LogP) is 6.70. The van der Waals surface area contributed by atoms with Crippen LogP contribution in [-0.4, -0.2) is 120 Å². The number of amides is 2. The van der Waals surface area contributed by atoms with E-state index < -0.39 is 48.4 Å². The smallest absolute Gasteiger partial charge is 0.330 e. The molecule has 0 aliphatic carbocycles. The highest BCUT2D eigenvalue weighted by atomic mass is 16.6. The van der Waals surface area contributed by atoms with Crippen molar-refractivity contribution in [3.63, 3.8) is 0 Å². The lowest BCUT2D eigenvalue weighted by atomic mass is 10.0. The number of nitrogens with zero attached hydrogens (tertiary/aromatic N) is 3. The maximum Gasteiger partial charge on any atom is 0.330 e. The minimum absolute atomic E-state index is 0.0648. The molecule has 1 unspecified atom stereocenters. The first-order valence-corrected chi connectivity index (χ1v) is 23.7. The Morgan fingerprint density at radius 2 is 1.33 bits per heavy atom. The number of aliphatic hydroxyl groups is 1. The molecule has 63 heavy (non-hydrogen) atoms. The quantitative estimate of drug-likeness (QED) is 0.0656. The van der Waals surface area contributed by atoms with Crippen molar-refractivity contribution in [1.82, 2.24) is 19.4 Å². The van der Waals surface area contributed by atoms with Crippen LogP contribution in [0.3, 0.4) is 0 Å². The number of methoxy groups -OCH3 is 1. The monoisotopic (exact) mass is 885 g/mol. The van der Waals surface area contributed by atoms with Crippen LogP contribution >= 0.6 is 0 Å². The number of aliphatic hydroxyl groups excluding tert-OH is 1. The van der Waals surface area contributed by atoms with Gasteiger partial charge in [0.05, 0.1) is 32.8 Å². The van der Waals surface area contributed by atoms with Crippen molar-refractivity contribution in [2.75, 3.05) is 59.7 Å². The molecule has 2 amide bonds. The van der Waals surface area contributed by atoms with Gasteiger partial charge in [-0.15, -0.1) is 0 Å². The number of esters is 1. The Labute approximate surface area is 374 Å². The molecule has 15 heteroatoms. The van der Waals surface area contributed by atoms with Gasteiger partial charge >= 0.3 is 11.7 Å². The molecule has 0 saturated carbocycles. The number of carbonyl (C=O) groups excluding carboxylic acids is 3. The van der Waals surface area contributed by atoms with Crippen molar-refractivity contribution in [2.45, 2.75) is 168 Å². The van der Waals surface area contributed by atoms with Crippen LogP contribution < -0.4 is 16.0 Å². The van der Waals surface area contributed by atoms with E-state index in [2.05, 4.69) is 11.9 Å². The number of aromatic nitrogens is 2. The molecule has 2 aliphatic heterocycles. The number of aryl methyl sites for hydroxylation is 2. The molecule has 2 aromatic rings. The van der Waals surface area contributed by atoms with E-state index in [-0.39, 0.29) is 43.4 Å². The van der Waals surface area contributed by atoms with E-state index in [9.17, 15) is 29.1 Å². The highest BCUT2D eigenvalue weighted by Crippen LogP contribution is 2.33. The van der Waals surface area contributed by atoms with E-state index in [1.54, 1.807) is 9.80 Å². The number of nitrogens with one attached hydrogen (secondary N) is 1. The van der Waals surface area contributed by atoms with Crippen molar-refractivity contribution in [2.24, 2.45) is 0 Å². The molecule has 4 atom stereocenters. The van der Waals surface area contributed by atoms with Crippen LogP contribution in [0.4, 0.5) is 0 Å². The molecule has 354 valence electrons. The topological polar surface area (TPSA) is 179 Å². The molecule has 2 fully saturated rings. The molecular formula is C48H76N4O11. The Morgan fingerprint density at radius 1 is 0.746 bits per heavy atom. The van der Waals surface area contributed by atoms with E-state index in [0.29, 0.717) is 38.3 Å².